The quantitative estimate of drug-likeness (QED) is 0.679. The first-order valence-electron chi connectivity index (χ1n) is 9.49. The number of sulfone groups is 1. The lowest BCUT2D eigenvalue weighted by Gasteiger charge is -2.29. The van der Waals surface area contributed by atoms with Gasteiger partial charge in [-0.3, -0.25) is 0 Å². The maximum Gasteiger partial charge on any atom is 0.501 e. The fourth-order valence-corrected chi connectivity index (χ4v) is 5.75. The molecule has 31 heavy (non-hydrogen) atoms. The number of rotatable bonds is 2. The lowest BCUT2D eigenvalue weighted by Crippen LogP contribution is -2.25. The summed E-state index contributed by atoms with van der Waals surface area (Å²) >= 11 is 0. The Hall–Kier alpha value is -2.51. The minimum absolute atomic E-state index is 0.00334. The Morgan fingerprint density at radius 1 is 1.16 bits per heavy atom. The van der Waals surface area contributed by atoms with Crippen molar-refractivity contribution in [3.8, 4) is 6.07 Å². The highest BCUT2D eigenvalue weighted by Gasteiger charge is 2.50. The highest BCUT2D eigenvalue weighted by molar-refractivity contribution is 7.92. The molecule has 2 aromatic rings. The van der Waals surface area contributed by atoms with E-state index in [1.165, 1.54) is 12.1 Å². The summed E-state index contributed by atoms with van der Waals surface area (Å²) in [7, 11) is -5.81. The predicted octanol–water partition coefficient (Wildman–Crippen LogP) is 4.39. The zero-order valence-corrected chi connectivity index (χ0v) is 16.7. The van der Waals surface area contributed by atoms with Crippen molar-refractivity contribution in [1.82, 2.24) is 0 Å². The van der Waals surface area contributed by atoms with Crippen molar-refractivity contribution >= 4 is 9.84 Å². The van der Waals surface area contributed by atoms with Crippen molar-refractivity contribution < 1.29 is 35.5 Å². The molecule has 0 bridgehead atoms. The van der Waals surface area contributed by atoms with Crippen LogP contribution in [0.4, 0.5) is 22.0 Å². The third-order valence-corrected chi connectivity index (χ3v) is 7.54. The number of aryl methyl sites for hydroxylation is 1. The number of aliphatic hydroxyl groups is 1. The summed E-state index contributed by atoms with van der Waals surface area (Å²) in [6, 6.07) is 6.21. The number of hydrogen-bond acceptors (Lipinski definition) is 4. The summed E-state index contributed by atoms with van der Waals surface area (Å²) in [6.45, 7) is 0. The molecule has 1 unspecified atom stereocenters. The molecule has 2 aliphatic rings. The van der Waals surface area contributed by atoms with Gasteiger partial charge in [0.1, 0.15) is 18.1 Å². The van der Waals surface area contributed by atoms with Crippen LogP contribution in [-0.4, -0.2) is 25.2 Å². The van der Waals surface area contributed by atoms with Crippen LogP contribution < -0.4 is 0 Å². The maximum absolute atomic E-state index is 14.4. The number of fused-ring (bicyclic) bond motifs is 2. The van der Waals surface area contributed by atoms with Gasteiger partial charge in [-0.2, -0.15) is 18.4 Å². The topological polar surface area (TPSA) is 78.2 Å². The third kappa shape index (κ3) is 3.31. The molecule has 0 fully saturated rings. The van der Waals surface area contributed by atoms with Crippen molar-refractivity contribution in [2.45, 2.75) is 54.3 Å². The summed E-state index contributed by atoms with van der Waals surface area (Å²) in [5.74, 6) is -1.15. The average Bonchev–Trinajstić information content (AvgIpc) is 2.99. The molecule has 0 spiro atoms. The number of alkyl halides is 4. The molecule has 4 rings (SSSR count). The smallest absolute Gasteiger partial charge is 0.385 e. The Morgan fingerprint density at radius 3 is 2.52 bits per heavy atom. The van der Waals surface area contributed by atoms with Gasteiger partial charge in [0.05, 0.1) is 16.5 Å². The van der Waals surface area contributed by atoms with Gasteiger partial charge < -0.3 is 5.11 Å². The van der Waals surface area contributed by atoms with E-state index in [9.17, 15) is 40.7 Å². The number of nitriles is 1. The summed E-state index contributed by atoms with van der Waals surface area (Å²) < 4.78 is 91.9. The summed E-state index contributed by atoms with van der Waals surface area (Å²) in [4.78, 5) is -1.16. The van der Waals surface area contributed by atoms with Crippen molar-refractivity contribution in [2.24, 2.45) is 0 Å². The van der Waals surface area contributed by atoms with Gasteiger partial charge in [-0.15, -0.1) is 0 Å². The van der Waals surface area contributed by atoms with Crippen LogP contribution >= 0.6 is 0 Å². The van der Waals surface area contributed by atoms with E-state index in [1.807, 2.05) is 6.07 Å². The normalized spacial score (nSPS) is 23.2. The maximum atomic E-state index is 14.4. The zero-order valence-electron chi connectivity index (χ0n) is 15.9. The molecular weight excluding hydrogens is 441 g/mol. The molecule has 10 heteroatoms. The predicted molar refractivity (Wildman–Crippen MR) is 99.1 cm³/mol. The highest BCUT2D eigenvalue weighted by atomic mass is 32.2. The molecule has 0 aliphatic heterocycles. The fourth-order valence-electron chi connectivity index (χ4n) is 4.72. The Kier molecular flexibility index (Phi) is 5.10. The second kappa shape index (κ2) is 7.28. The van der Waals surface area contributed by atoms with Crippen LogP contribution in [0, 0.1) is 17.1 Å². The number of benzene rings is 2. The molecule has 3 atom stereocenters. The van der Waals surface area contributed by atoms with Crippen molar-refractivity contribution in [2.75, 3.05) is 0 Å². The van der Waals surface area contributed by atoms with Gasteiger partial charge in [0.25, 0.3) is 9.84 Å². The molecule has 0 aromatic heterocycles. The van der Waals surface area contributed by atoms with Crippen LogP contribution in [0.2, 0.25) is 0 Å². The van der Waals surface area contributed by atoms with E-state index in [2.05, 4.69) is 0 Å². The van der Waals surface area contributed by atoms with Crippen LogP contribution in [0.25, 0.3) is 0 Å². The largest absolute Gasteiger partial charge is 0.501 e. The van der Waals surface area contributed by atoms with Gasteiger partial charge >= 0.3 is 5.51 Å². The van der Waals surface area contributed by atoms with Gasteiger partial charge in [0.2, 0.25) is 0 Å². The average molecular weight is 457 g/mol. The van der Waals surface area contributed by atoms with E-state index in [-0.39, 0.29) is 11.1 Å². The van der Waals surface area contributed by atoms with Gasteiger partial charge in [-0.05, 0) is 59.7 Å². The summed E-state index contributed by atoms with van der Waals surface area (Å²) in [6.07, 6.45) is -2.90. The molecule has 0 saturated heterocycles. The first-order valence-corrected chi connectivity index (χ1v) is 11.0. The van der Waals surface area contributed by atoms with Gasteiger partial charge in [0, 0.05) is 17.9 Å². The van der Waals surface area contributed by atoms with E-state index in [1.54, 1.807) is 0 Å². The number of halogens is 5. The first-order chi connectivity index (χ1) is 14.5. The standard InChI is InChI=1S/C21H16F5NO3S/c22-12-6-10-2-1-3-14(18(10)11(7-12)9-27)13-4-5-17(31(29,30)21(24,25)26)19-15(13)8-16(23)20(19)28/h4-7,14,16,20,28H,1-3,8H2/t14?,16-,20-/m1/s1. The Bertz CT molecular complexity index is 1220. The van der Waals surface area contributed by atoms with Crippen molar-refractivity contribution in [3.63, 3.8) is 0 Å². The monoisotopic (exact) mass is 457 g/mol. The molecule has 0 amide bonds. The molecule has 164 valence electrons. The Balaban J connectivity index is 1.97. The molecule has 2 aromatic carbocycles. The Labute approximate surface area is 174 Å². The number of nitrogens with zero attached hydrogens (tertiary/aromatic N) is 1. The van der Waals surface area contributed by atoms with Gasteiger partial charge in [0.15, 0.2) is 0 Å². The number of hydrogen-bond donors (Lipinski definition) is 1. The van der Waals surface area contributed by atoms with Crippen LogP contribution in [-0.2, 0) is 22.7 Å². The van der Waals surface area contributed by atoms with Crippen LogP contribution in [0.1, 0.15) is 58.2 Å². The van der Waals surface area contributed by atoms with Gasteiger partial charge in [-0.25, -0.2) is 17.2 Å². The molecule has 0 radical (unpaired) electrons. The minimum atomic E-state index is -5.81. The lowest BCUT2D eigenvalue weighted by atomic mass is 9.75. The number of aliphatic hydroxyl groups excluding tert-OH is 1. The third-order valence-electron chi connectivity index (χ3n) is 6.00. The van der Waals surface area contributed by atoms with Crippen molar-refractivity contribution in [3.05, 3.63) is 63.5 Å². The van der Waals surface area contributed by atoms with Crippen LogP contribution in [0.3, 0.4) is 0 Å². The van der Waals surface area contributed by atoms with E-state index >= 15 is 0 Å². The molecule has 4 nitrogen and oxygen atoms in total. The Morgan fingerprint density at radius 2 is 1.87 bits per heavy atom. The fraction of sp³-hybridized carbons (Fsp3) is 0.381. The molecular formula is C21H16F5NO3S. The minimum Gasteiger partial charge on any atom is -0.385 e. The van der Waals surface area contributed by atoms with E-state index in [0.717, 1.165) is 12.1 Å². The second-order valence-electron chi connectivity index (χ2n) is 7.74. The highest BCUT2D eigenvalue weighted by Crippen LogP contribution is 2.48. The lowest BCUT2D eigenvalue weighted by molar-refractivity contribution is -0.0437. The SMILES string of the molecule is N#Cc1cc(F)cc2c1C(c1ccc(S(=O)(=O)C(F)(F)F)c3c1C[C@@H](F)[C@H]3O)CCC2. The first kappa shape index (κ1) is 21.7. The molecule has 0 saturated carbocycles. The summed E-state index contributed by atoms with van der Waals surface area (Å²) in [5.41, 5.74) is -4.72. The van der Waals surface area contributed by atoms with Gasteiger partial charge in [-0.1, -0.05) is 6.07 Å². The second-order valence-corrected chi connectivity index (χ2v) is 9.65. The zero-order chi connectivity index (χ0) is 22.7. The van der Waals surface area contributed by atoms with E-state index < -0.39 is 56.2 Å². The van der Waals surface area contributed by atoms with Crippen molar-refractivity contribution in [1.29, 1.82) is 5.26 Å². The molecule has 1 N–H and O–H groups in total. The van der Waals surface area contributed by atoms with E-state index in [4.69, 9.17) is 0 Å². The molecule has 2 aliphatic carbocycles. The van der Waals surface area contributed by atoms with E-state index in [0.29, 0.717) is 36.0 Å². The summed E-state index contributed by atoms with van der Waals surface area (Å²) in [5, 5.41) is 19.7. The van der Waals surface area contributed by atoms with Crippen LogP contribution in [0.15, 0.2) is 29.2 Å². The molecule has 0 heterocycles. The van der Waals surface area contributed by atoms with Crippen LogP contribution in [0.5, 0.6) is 0 Å².